The molecular formula is C11H15NO3. The van der Waals surface area contributed by atoms with E-state index in [1.54, 1.807) is 13.1 Å². The summed E-state index contributed by atoms with van der Waals surface area (Å²) in [5.74, 6) is 0.128. The summed E-state index contributed by atoms with van der Waals surface area (Å²) in [6.07, 6.45) is 1.64. The van der Waals surface area contributed by atoms with Gasteiger partial charge < -0.3 is 9.47 Å². The molecule has 0 amide bonds. The highest BCUT2D eigenvalue weighted by atomic mass is 16.5. The molecule has 4 heteroatoms. The summed E-state index contributed by atoms with van der Waals surface area (Å²) in [6.45, 7) is 3.96. The molecule has 82 valence electrons. The minimum atomic E-state index is -0.268. The second kappa shape index (κ2) is 5.34. The van der Waals surface area contributed by atoms with Crippen LogP contribution in [0.3, 0.4) is 0 Å². The molecule has 0 aliphatic heterocycles. The fraction of sp³-hybridized carbons (Fsp3) is 0.455. The fourth-order valence-corrected chi connectivity index (χ4v) is 1.03. The van der Waals surface area contributed by atoms with Crippen molar-refractivity contribution in [2.45, 2.75) is 13.8 Å². The van der Waals surface area contributed by atoms with Gasteiger partial charge in [0, 0.05) is 5.69 Å². The van der Waals surface area contributed by atoms with Crippen LogP contribution in [-0.4, -0.2) is 24.7 Å². The number of pyridine rings is 1. The predicted octanol–water partition coefficient (Wildman–Crippen LogP) is 1.58. The molecule has 1 atom stereocenters. The molecular weight excluding hydrogens is 194 g/mol. The lowest BCUT2D eigenvalue weighted by molar-refractivity contribution is -0.145. The zero-order valence-corrected chi connectivity index (χ0v) is 9.19. The highest BCUT2D eigenvalue weighted by Gasteiger charge is 2.13. The second-order valence-corrected chi connectivity index (χ2v) is 3.37. The molecule has 1 unspecified atom stereocenters. The largest absolute Gasteiger partial charge is 0.491 e. The van der Waals surface area contributed by atoms with Gasteiger partial charge in [-0.15, -0.1) is 0 Å². The lowest BCUT2D eigenvalue weighted by Crippen LogP contribution is -2.20. The first-order chi connectivity index (χ1) is 7.13. The Labute approximate surface area is 89.2 Å². The van der Waals surface area contributed by atoms with Crippen molar-refractivity contribution < 1.29 is 14.3 Å². The topological polar surface area (TPSA) is 48.4 Å². The zero-order chi connectivity index (χ0) is 11.3. The summed E-state index contributed by atoms with van der Waals surface area (Å²) in [4.78, 5) is 15.2. The van der Waals surface area contributed by atoms with Gasteiger partial charge in [0.05, 0.1) is 19.2 Å². The number of ether oxygens (including phenoxy) is 2. The molecule has 1 aromatic heterocycles. The quantitative estimate of drug-likeness (QED) is 0.706. The second-order valence-electron chi connectivity index (χ2n) is 3.37. The molecule has 0 aliphatic carbocycles. The predicted molar refractivity (Wildman–Crippen MR) is 55.6 cm³/mol. The number of carbonyl (C=O) groups is 1. The van der Waals surface area contributed by atoms with E-state index in [0.29, 0.717) is 12.4 Å². The zero-order valence-electron chi connectivity index (χ0n) is 9.19. The number of rotatable bonds is 4. The molecule has 4 nitrogen and oxygen atoms in total. The Hall–Kier alpha value is -1.58. The van der Waals surface area contributed by atoms with Gasteiger partial charge in [-0.1, -0.05) is 0 Å². The van der Waals surface area contributed by atoms with Crippen LogP contribution in [-0.2, 0) is 9.53 Å². The van der Waals surface area contributed by atoms with Crippen LogP contribution in [0, 0.1) is 12.8 Å². The average molecular weight is 209 g/mol. The van der Waals surface area contributed by atoms with Gasteiger partial charge in [-0.05, 0) is 26.0 Å². The maximum atomic E-state index is 11.1. The normalized spacial score (nSPS) is 11.9. The highest BCUT2D eigenvalue weighted by molar-refractivity contribution is 5.71. The Morgan fingerprint density at radius 2 is 2.27 bits per heavy atom. The van der Waals surface area contributed by atoms with E-state index in [2.05, 4.69) is 9.72 Å². The van der Waals surface area contributed by atoms with Crippen LogP contribution in [0.25, 0.3) is 0 Å². The summed E-state index contributed by atoms with van der Waals surface area (Å²) in [5.41, 5.74) is 0.934. The van der Waals surface area contributed by atoms with Gasteiger partial charge >= 0.3 is 5.97 Å². The van der Waals surface area contributed by atoms with Crippen LogP contribution in [0.4, 0.5) is 0 Å². The van der Waals surface area contributed by atoms with Crippen molar-refractivity contribution in [3.05, 3.63) is 24.0 Å². The first kappa shape index (κ1) is 11.5. The van der Waals surface area contributed by atoms with Crippen molar-refractivity contribution in [3.63, 3.8) is 0 Å². The lowest BCUT2D eigenvalue weighted by atomic mass is 10.2. The van der Waals surface area contributed by atoms with Crippen molar-refractivity contribution in [1.29, 1.82) is 0 Å². The van der Waals surface area contributed by atoms with Crippen molar-refractivity contribution in [2.75, 3.05) is 13.7 Å². The van der Waals surface area contributed by atoms with E-state index in [-0.39, 0.29) is 11.9 Å². The van der Waals surface area contributed by atoms with E-state index in [9.17, 15) is 4.79 Å². The van der Waals surface area contributed by atoms with Gasteiger partial charge in [-0.2, -0.15) is 0 Å². The summed E-state index contributed by atoms with van der Waals surface area (Å²) in [7, 11) is 1.37. The highest BCUT2D eigenvalue weighted by Crippen LogP contribution is 2.10. The SMILES string of the molecule is COC(=O)C(C)COc1ccc(C)nc1. The Bertz CT molecular complexity index is 321. The van der Waals surface area contributed by atoms with Crippen molar-refractivity contribution in [1.82, 2.24) is 4.98 Å². The monoisotopic (exact) mass is 209 g/mol. The van der Waals surface area contributed by atoms with E-state index in [1.807, 2.05) is 19.1 Å². The van der Waals surface area contributed by atoms with Gasteiger partial charge in [0.15, 0.2) is 0 Å². The first-order valence-corrected chi connectivity index (χ1v) is 4.76. The maximum absolute atomic E-state index is 11.1. The van der Waals surface area contributed by atoms with Crippen molar-refractivity contribution in [2.24, 2.45) is 5.92 Å². The van der Waals surface area contributed by atoms with Gasteiger partial charge in [-0.25, -0.2) is 0 Å². The molecule has 0 aromatic carbocycles. The number of aryl methyl sites for hydroxylation is 1. The number of nitrogens with zero attached hydrogens (tertiary/aromatic N) is 1. The standard InChI is InChI=1S/C11H15NO3/c1-8(11(13)14-3)7-15-10-5-4-9(2)12-6-10/h4-6,8H,7H2,1-3H3. The molecule has 0 saturated heterocycles. The summed E-state index contributed by atoms with van der Waals surface area (Å²) in [6, 6.07) is 3.68. The van der Waals surface area contributed by atoms with Crippen LogP contribution in [0.15, 0.2) is 18.3 Å². The van der Waals surface area contributed by atoms with Crippen LogP contribution in [0.1, 0.15) is 12.6 Å². The minimum absolute atomic E-state index is 0.267. The third-order valence-electron chi connectivity index (χ3n) is 1.99. The molecule has 0 saturated carbocycles. The van der Waals surface area contributed by atoms with Crippen LogP contribution >= 0.6 is 0 Å². The smallest absolute Gasteiger partial charge is 0.311 e. The molecule has 15 heavy (non-hydrogen) atoms. The molecule has 1 aromatic rings. The van der Waals surface area contributed by atoms with Gasteiger partial charge in [0.1, 0.15) is 12.4 Å². The molecule has 0 bridgehead atoms. The summed E-state index contributed by atoms with van der Waals surface area (Å²) < 4.78 is 9.97. The Kier molecular flexibility index (Phi) is 4.09. The third-order valence-corrected chi connectivity index (χ3v) is 1.99. The molecule has 0 radical (unpaired) electrons. The molecule has 0 fully saturated rings. The number of esters is 1. The number of carbonyl (C=O) groups excluding carboxylic acids is 1. The molecule has 0 N–H and O–H groups in total. The van der Waals surface area contributed by atoms with Crippen LogP contribution in [0.2, 0.25) is 0 Å². The van der Waals surface area contributed by atoms with Crippen molar-refractivity contribution >= 4 is 5.97 Å². The fourth-order valence-electron chi connectivity index (χ4n) is 1.03. The Balaban J connectivity index is 2.43. The van der Waals surface area contributed by atoms with Crippen LogP contribution < -0.4 is 4.74 Å². The van der Waals surface area contributed by atoms with E-state index >= 15 is 0 Å². The van der Waals surface area contributed by atoms with Crippen molar-refractivity contribution in [3.8, 4) is 5.75 Å². The first-order valence-electron chi connectivity index (χ1n) is 4.76. The van der Waals surface area contributed by atoms with Gasteiger partial charge in [-0.3, -0.25) is 9.78 Å². The summed E-state index contributed by atoms with van der Waals surface area (Å²) >= 11 is 0. The number of methoxy groups -OCH3 is 1. The average Bonchev–Trinajstić information content (AvgIpc) is 2.26. The molecule has 0 spiro atoms. The van der Waals surface area contributed by atoms with Crippen LogP contribution in [0.5, 0.6) is 5.75 Å². The number of aromatic nitrogens is 1. The third kappa shape index (κ3) is 3.58. The molecule has 0 aliphatic rings. The van der Waals surface area contributed by atoms with E-state index < -0.39 is 0 Å². The molecule has 1 heterocycles. The number of hydrogen-bond donors (Lipinski definition) is 0. The lowest BCUT2D eigenvalue weighted by Gasteiger charge is -2.10. The Morgan fingerprint density at radius 1 is 1.53 bits per heavy atom. The maximum Gasteiger partial charge on any atom is 0.311 e. The summed E-state index contributed by atoms with van der Waals surface area (Å²) in [5, 5.41) is 0. The van der Waals surface area contributed by atoms with Gasteiger partial charge in [0.25, 0.3) is 0 Å². The van der Waals surface area contributed by atoms with E-state index in [0.717, 1.165) is 5.69 Å². The van der Waals surface area contributed by atoms with Gasteiger partial charge in [0.2, 0.25) is 0 Å². The minimum Gasteiger partial charge on any atom is -0.491 e. The van der Waals surface area contributed by atoms with E-state index in [4.69, 9.17) is 4.74 Å². The Morgan fingerprint density at radius 3 is 2.80 bits per heavy atom. The molecule has 1 rings (SSSR count). The van der Waals surface area contributed by atoms with E-state index in [1.165, 1.54) is 7.11 Å². The number of hydrogen-bond acceptors (Lipinski definition) is 4.